The van der Waals surface area contributed by atoms with Gasteiger partial charge in [-0.3, -0.25) is 14.7 Å². The summed E-state index contributed by atoms with van der Waals surface area (Å²) in [4.78, 5) is 29.9. The number of thioether (sulfide) groups is 1. The zero-order chi connectivity index (χ0) is 24.9. The van der Waals surface area contributed by atoms with Gasteiger partial charge in [0.2, 0.25) is 0 Å². The highest BCUT2D eigenvalue weighted by Crippen LogP contribution is 2.30. The highest BCUT2D eigenvalue weighted by atomic mass is 35.5. The molecule has 4 rings (SSSR count). The van der Waals surface area contributed by atoms with Gasteiger partial charge < -0.3 is 4.74 Å². The Morgan fingerprint density at radius 1 is 1.17 bits per heavy atom. The molecule has 2 aromatic carbocycles. The van der Waals surface area contributed by atoms with E-state index in [0.29, 0.717) is 27.8 Å². The minimum Gasteiger partial charge on any atom is -0.449 e. The molecule has 11 heteroatoms. The third-order valence-electron chi connectivity index (χ3n) is 5.14. The van der Waals surface area contributed by atoms with Gasteiger partial charge in [0, 0.05) is 21.7 Å². The Labute approximate surface area is 215 Å². The Balaban J connectivity index is 1.42. The maximum Gasteiger partial charge on any atom is 0.338 e. The van der Waals surface area contributed by atoms with Crippen molar-refractivity contribution in [3.8, 4) is 16.9 Å². The van der Waals surface area contributed by atoms with Crippen molar-refractivity contribution in [1.82, 2.24) is 19.7 Å². The number of carbonyl (C=O) groups excluding carboxylic acids is 2. The molecular weight excluding hydrogens is 506 g/mol. The van der Waals surface area contributed by atoms with Crippen molar-refractivity contribution in [3.05, 3.63) is 70.3 Å². The lowest BCUT2D eigenvalue weighted by Gasteiger charge is -2.15. The van der Waals surface area contributed by atoms with Crippen molar-refractivity contribution in [2.75, 3.05) is 11.6 Å². The molecule has 0 saturated heterocycles. The SMILES string of the molecule is CCC(OC(=O)c1ccc(-n2c(C)nnc2SC)cc1)C(=O)Nc1nc(-c2ccccc2Cl)cs1. The van der Waals surface area contributed by atoms with Gasteiger partial charge >= 0.3 is 5.97 Å². The van der Waals surface area contributed by atoms with E-state index in [1.54, 1.807) is 37.3 Å². The van der Waals surface area contributed by atoms with Crippen LogP contribution in [0.5, 0.6) is 0 Å². The number of rotatable bonds is 8. The molecule has 0 aliphatic rings. The van der Waals surface area contributed by atoms with Crippen LogP contribution in [-0.2, 0) is 9.53 Å². The van der Waals surface area contributed by atoms with Crippen LogP contribution in [0.15, 0.2) is 59.1 Å². The topological polar surface area (TPSA) is 99.0 Å². The molecule has 4 aromatic rings. The van der Waals surface area contributed by atoms with Gasteiger partial charge in [-0.1, -0.05) is 48.5 Å². The number of aromatic nitrogens is 4. The number of aryl methyl sites for hydroxylation is 1. The Morgan fingerprint density at radius 3 is 2.60 bits per heavy atom. The summed E-state index contributed by atoms with van der Waals surface area (Å²) in [6.07, 6.45) is 1.28. The molecular formula is C24H22ClN5O3S2. The zero-order valence-electron chi connectivity index (χ0n) is 19.2. The van der Waals surface area contributed by atoms with E-state index in [1.165, 1.54) is 23.1 Å². The Morgan fingerprint density at radius 2 is 1.91 bits per heavy atom. The maximum atomic E-state index is 12.8. The molecule has 0 spiro atoms. The fraction of sp³-hybridized carbons (Fsp3) is 0.208. The molecule has 2 aromatic heterocycles. The van der Waals surface area contributed by atoms with E-state index in [9.17, 15) is 9.59 Å². The summed E-state index contributed by atoms with van der Waals surface area (Å²) in [6, 6.07) is 14.2. The molecule has 1 amide bonds. The predicted molar refractivity (Wildman–Crippen MR) is 139 cm³/mol. The van der Waals surface area contributed by atoms with Crippen molar-refractivity contribution < 1.29 is 14.3 Å². The van der Waals surface area contributed by atoms with E-state index in [2.05, 4.69) is 20.5 Å². The number of carbonyl (C=O) groups is 2. The molecule has 35 heavy (non-hydrogen) atoms. The van der Waals surface area contributed by atoms with Crippen molar-refractivity contribution >= 4 is 51.7 Å². The van der Waals surface area contributed by atoms with Crippen LogP contribution >= 0.6 is 34.7 Å². The van der Waals surface area contributed by atoms with Crippen LogP contribution < -0.4 is 5.32 Å². The first-order chi connectivity index (χ1) is 16.9. The van der Waals surface area contributed by atoms with Gasteiger partial charge in [-0.25, -0.2) is 9.78 Å². The number of esters is 1. The summed E-state index contributed by atoms with van der Waals surface area (Å²) in [5, 5.41) is 14.5. The van der Waals surface area contributed by atoms with Crippen LogP contribution in [-0.4, -0.2) is 44.0 Å². The number of thiazole rings is 1. The Kier molecular flexibility index (Phi) is 7.84. The molecule has 0 bridgehead atoms. The van der Waals surface area contributed by atoms with Crippen LogP contribution in [0.4, 0.5) is 5.13 Å². The average Bonchev–Trinajstić information content (AvgIpc) is 3.48. The minimum atomic E-state index is -0.960. The maximum absolute atomic E-state index is 12.8. The largest absolute Gasteiger partial charge is 0.449 e. The van der Waals surface area contributed by atoms with E-state index < -0.39 is 18.0 Å². The van der Waals surface area contributed by atoms with E-state index in [0.717, 1.165) is 22.2 Å². The quantitative estimate of drug-likeness (QED) is 0.233. The molecule has 180 valence electrons. The summed E-state index contributed by atoms with van der Waals surface area (Å²) < 4.78 is 7.39. The summed E-state index contributed by atoms with van der Waals surface area (Å²) >= 11 is 8.99. The van der Waals surface area contributed by atoms with Crippen molar-refractivity contribution in [2.45, 2.75) is 31.5 Å². The number of halogens is 1. The van der Waals surface area contributed by atoms with Crippen LogP contribution in [0.3, 0.4) is 0 Å². The van der Waals surface area contributed by atoms with Crippen LogP contribution in [0.2, 0.25) is 5.02 Å². The van der Waals surface area contributed by atoms with Crippen LogP contribution in [0.25, 0.3) is 16.9 Å². The van der Waals surface area contributed by atoms with Crippen LogP contribution in [0, 0.1) is 6.92 Å². The van der Waals surface area contributed by atoms with Gasteiger partial charge in [0.25, 0.3) is 5.91 Å². The molecule has 0 fully saturated rings. The molecule has 1 atom stereocenters. The molecule has 8 nitrogen and oxygen atoms in total. The van der Waals surface area contributed by atoms with E-state index in [1.807, 2.05) is 41.3 Å². The monoisotopic (exact) mass is 527 g/mol. The number of hydrogen-bond acceptors (Lipinski definition) is 8. The van der Waals surface area contributed by atoms with Gasteiger partial charge in [0.1, 0.15) is 5.82 Å². The smallest absolute Gasteiger partial charge is 0.338 e. The highest BCUT2D eigenvalue weighted by Gasteiger charge is 2.23. The number of hydrogen-bond donors (Lipinski definition) is 1. The minimum absolute atomic E-state index is 0.315. The normalized spacial score (nSPS) is 11.8. The highest BCUT2D eigenvalue weighted by molar-refractivity contribution is 7.98. The molecule has 2 heterocycles. The number of anilines is 1. The average molecular weight is 528 g/mol. The van der Waals surface area contributed by atoms with E-state index >= 15 is 0 Å². The van der Waals surface area contributed by atoms with Crippen LogP contribution in [0.1, 0.15) is 29.5 Å². The molecule has 0 aliphatic heterocycles. The van der Waals surface area contributed by atoms with Gasteiger partial charge in [-0.05, 0) is 49.9 Å². The third-order valence-corrected chi connectivity index (χ3v) is 6.85. The first kappa shape index (κ1) is 24.9. The fourth-order valence-electron chi connectivity index (χ4n) is 3.35. The molecule has 1 N–H and O–H groups in total. The van der Waals surface area contributed by atoms with Crippen molar-refractivity contribution in [2.24, 2.45) is 0 Å². The zero-order valence-corrected chi connectivity index (χ0v) is 21.6. The Bertz CT molecular complexity index is 1350. The number of benzene rings is 2. The third kappa shape index (κ3) is 5.55. The summed E-state index contributed by atoms with van der Waals surface area (Å²) in [5.74, 6) is -0.283. The van der Waals surface area contributed by atoms with E-state index in [-0.39, 0.29) is 0 Å². The number of nitrogens with zero attached hydrogens (tertiary/aromatic N) is 4. The van der Waals surface area contributed by atoms with Gasteiger partial charge in [-0.2, -0.15) is 0 Å². The number of nitrogens with one attached hydrogen (secondary N) is 1. The standard InChI is InChI=1S/C24H22ClN5O3S2/c1-4-20(21(31)27-23-26-19(13-35-23)17-7-5-6-8-18(17)25)33-22(32)15-9-11-16(12-10-15)30-14(2)28-29-24(30)34-3/h5-13,20H,4H2,1-3H3,(H,26,27,31). The lowest BCUT2D eigenvalue weighted by molar-refractivity contribution is -0.124. The molecule has 0 aliphatic carbocycles. The summed E-state index contributed by atoms with van der Waals surface area (Å²) in [6.45, 7) is 3.63. The second-order valence-corrected chi connectivity index (χ2v) is 9.46. The van der Waals surface area contributed by atoms with Gasteiger partial charge in [0.15, 0.2) is 16.4 Å². The van der Waals surface area contributed by atoms with Gasteiger partial charge in [0.05, 0.1) is 11.3 Å². The lowest BCUT2D eigenvalue weighted by Crippen LogP contribution is -2.32. The predicted octanol–water partition coefficient (Wildman–Crippen LogP) is 5.65. The molecule has 0 saturated carbocycles. The number of ether oxygens (including phenoxy) is 1. The van der Waals surface area contributed by atoms with Crippen molar-refractivity contribution in [3.63, 3.8) is 0 Å². The van der Waals surface area contributed by atoms with Crippen molar-refractivity contribution in [1.29, 1.82) is 0 Å². The summed E-state index contributed by atoms with van der Waals surface area (Å²) in [5.41, 5.74) is 2.61. The first-order valence-corrected chi connectivity index (χ1v) is 13.2. The number of amides is 1. The van der Waals surface area contributed by atoms with E-state index in [4.69, 9.17) is 16.3 Å². The summed E-state index contributed by atoms with van der Waals surface area (Å²) in [7, 11) is 0. The second kappa shape index (κ2) is 11.0. The lowest BCUT2D eigenvalue weighted by atomic mass is 10.2. The van der Waals surface area contributed by atoms with Gasteiger partial charge in [-0.15, -0.1) is 21.5 Å². The second-order valence-electron chi connectivity index (χ2n) is 7.43. The fourth-order valence-corrected chi connectivity index (χ4v) is 4.84. The Hall–Kier alpha value is -3.21. The first-order valence-electron chi connectivity index (χ1n) is 10.7. The molecule has 0 radical (unpaired) electrons. The molecule has 1 unspecified atom stereocenters.